The van der Waals surface area contributed by atoms with Crippen molar-refractivity contribution in [3.05, 3.63) is 78.0 Å². The van der Waals surface area contributed by atoms with Crippen LogP contribution in [-0.2, 0) is 6.61 Å². The first kappa shape index (κ1) is 17.9. The van der Waals surface area contributed by atoms with Crippen LogP contribution in [0, 0.1) is 5.82 Å². The van der Waals surface area contributed by atoms with Gasteiger partial charge in [-0.15, -0.1) is 0 Å². The van der Waals surface area contributed by atoms with Gasteiger partial charge in [-0.2, -0.15) is 0 Å². The molecular weight excluding hydrogens is 365 g/mol. The van der Waals surface area contributed by atoms with Gasteiger partial charge in [0.15, 0.2) is 17.3 Å². The highest BCUT2D eigenvalue weighted by Crippen LogP contribution is 2.30. The third-order valence-electron chi connectivity index (χ3n) is 4.14. The van der Waals surface area contributed by atoms with Gasteiger partial charge in [-0.05, 0) is 48.5 Å². The summed E-state index contributed by atoms with van der Waals surface area (Å²) in [5, 5.41) is 2.77. The van der Waals surface area contributed by atoms with Gasteiger partial charge in [-0.1, -0.05) is 12.1 Å². The van der Waals surface area contributed by atoms with Crippen LogP contribution in [0.15, 0.2) is 65.1 Å². The molecule has 0 saturated carbocycles. The Morgan fingerprint density at radius 2 is 1.86 bits per heavy atom. The fraction of sp³-hybridized carbons (Fsp3) is 0.190. The minimum Gasteiger partial charge on any atom is -0.486 e. The second kappa shape index (κ2) is 8.04. The second-order valence-electron chi connectivity index (χ2n) is 6.22. The Hall–Kier alpha value is -3.48. The maximum absolute atomic E-state index is 12.9. The fourth-order valence-electron chi connectivity index (χ4n) is 2.72. The maximum Gasteiger partial charge on any atom is 0.287 e. The highest BCUT2D eigenvalue weighted by Gasteiger charge is 2.22. The molecule has 28 heavy (non-hydrogen) atoms. The van der Waals surface area contributed by atoms with Crippen molar-refractivity contribution in [3.8, 4) is 17.2 Å². The number of carbonyl (C=O) groups excluding carboxylic acids is 1. The van der Waals surface area contributed by atoms with Gasteiger partial charge in [0.05, 0.1) is 6.54 Å². The Bertz CT molecular complexity index is 953. The molecule has 1 N–H and O–H groups in total. The third kappa shape index (κ3) is 4.25. The van der Waals surface area contributed by atoms with Crippen LogP contribution in [-0.4, -0.2) is 25.2 Å². The van der Waals surface area contributed by atoms with E-state index in [0.29, 0.717) is 29.6 Å². The number of amides is 1. The van der Waals surface area contributed by atoms with Crippen LogP contribution in [0.1, 0.15) is 16.3 Å². The van der Waals surface area contributed by atoms with Crippen LogP contribution in [0.5, 0.6) is 17.2 Å². The number of nitrogens with one attached hydrogen (secondary N) is 1. The van der Waals surface area contributed by atoms with Crippen LogP contribution in [0.3, 0.4) is 0 Å². The number of halogens is 1. The van der Waals surface area contributed by atoms with Crippen molar-refractivity contribution in [2.75, 3.05) is 13.2 Å². The van der Waals surface area contributed by atoms with Crippen molar-refractivity contribution in [3.63, 3.8) is 0 Å². The average Bonchev–Trinajstić information content (AvgIpc) is 3.21. The Kier molecular flexibility index (Phi) is 5.14. The van der Waals surface area contributed by atoms with E-state index in [1.54, 1.807) is 12.1 Å². The summed E-state index contributed by atoms with van der Waals surface area (Å²) >= 11 is 0. The van der Waals surface area contributed by atoms with Gasteiger partial charge in [-0.25, -0.2) is 4.39 Å². The first-order valence-corrected chi connectivity index (χ1v) is 8.81. The lowest BCUT2D eigenvalue weighted by Gasteiger charge is -2.26. The molecule has 3 aromatic rings. The molecule has 1 aliphatic heterocycles. The molecule has 7 heteroatoms. The van der Waals surface area contributed by atoms with Gasteiger partial charge >= 0.3 is 0 Å². The molecule has 0 fully saturated rings. The normalized spacial score (nSPS) is 15.1. The van der Waals surface area contributed by atoms with Gasteiger partial charge in [0, 0.05) is 0 Å². The molecule has 6 nitrogen and oxygen atoms in total. The first-order chi connectivity index (χ1) is 13.7. The van der Waals surface area contributed by atoms with Crippen LogP contribution in [0.4, 0.5) is 4.39 Å². The first-order valence-electron chi connectivity index (χ1n) is 8.81. The van der Waals surface area contributed by atoms with Crippen molar-refractivity contribution in [2.45, 2.75) is 12.7 Å². The molecule has 2 heterocycles. The second-order valence-corrected chi connectivity index (χ2v) is 6.22. The zero-order chi connectivity index (χ0) is 19.3. The van der Waals surface area contributed by atoms with Crippen molar-refractivity contribution < 1.29 is 27.8 Å². The standard InChI is InChI=1S/C21H18FNO5/c22-14-5-7-15(8-6-14)25-12-16-9-10-20(27-16)21(24)23-11-17-13-26-18-3-1-2-4-19(18)28-17/h1-10,17H,11-13H2,(H,23,24). The van der Waals surface area contributed by atoms with Gasteiger partial charge in [-0.3, -0.25) is 4.79 Å². The minimum atomic E-state index is -0.351. The lowest BCUT2D eigenvalue weighted by molar-refractivity contribution is 0.0771. The van der Waals surface area contributed by atoms with E-state index in [1.165, 1.54) is 24.3 Å². The monoisotopic (exact) mass is 383 g/mol. The summed E-state index contributed by atoms with van der Waals surface area (Å²) in [7, 11) is 0. The summed E-state index contributed by atoms with van der Waals surface area (Å²) < 4.78 is 35.3. The van der Waals surface area contributed by atoms with E-state index in [-0.39, 0.29) is 36.7 Å². The summed E-state index contributed by atoms with van der Waals surface area (Å²) in [6.07, 6.45) is -0.282. The molecule has 2 aromatic carbocycles. The summed E-state index contributed by atoms with van der Waals surface area (Å²) in [5.74, 6) is 1.85. The Morgan fingerprint density at radius 3 is 2.68 bits per heavy atom. The van der Waals surface area contributed by atoms with Crippen LogP contribution < -0.4 is 19.5 Å². The zero-order valence-corrected chi connectivity index (χ0v) is 14.9. The van der Waals surface area contributed by atoms with Crippen LogP contribution in [0.2, 0.25) is 0 Å². The van der Waals surface area contributed by atoms with Crippen molar-refractivity contribution in [2.24, 2.45) is 0 Å². The Balaban J connectivity index is 1.27. The van der Waals surface area contributed by atoms with Gasteiger partial charge in [0.1, 0.15) is 36.6 Å². The molecule has 144 valence electrons. The number of furan rings is 1. The molecule has 4 rings (SSSR count). The highest BCUT2D eigenvalue weighted by molar-refractivity contribution is 5.91. The molecule has 1 atom stereocenters. The number of hydrogen-bond acceptors (Lipinski definition) is 5. The van der Waals surface area contributed by atoms with Crippen molar-refractivity contribution >= 4 is 5.91 Å². The Labute approximate surface area is 160 Å². The number of ether oxygens (including phenoxy) is 3. The Morgan fingerprint density at radius 1 is 1.07 bits per heavy atom. The lowest BCUT2D eigenvalue weighted by atomic mass is 10.2. The van der Waals surface area contributed by atoms with Gasteiger partial charge in [0.2, 0.25) is 0 Å². The summed E-state index contributed by atoms with van der Waals surface area (Å²) in [6, 6.07) is 16.3. The molecule has 0 radical (unpaired) electrons. The van der Waals surface area contributed by atoms with E-state index in [9.17, 15) is 9.18 Å². The fourth-order valence-corrected chi connectivity index (χ4v) is 2.72. The average molecular weight is 383 g/mol. The number of carbonyl (C=O) groups is 1. The van der Waals surface area contributed by atoms with Crippen LogP contribution in [0.25, 0.3) is 0 Å². The summed E-state index contributed by atoms with van der Waals surface area (Å²) in [5.41, 5.74) is 0. The van der Waals surface area contributed by atoms with Crippen LogP contribution >= 0.6 is 0 Å². The quantitative estimate of drug-likeness (QED) is 0.705. The predicted molar refractivity (Wildman–Crippen MR) is 98.1 cm³/mol. The van der Waals surface area contributed by atoms with Crippen molar-refractivity contribution in [1.29, 1.82) is 0 Å². The summed E-state index contributed by atoms with van der Waals surface area (Å²) in [4.78, 5) is 12.3. The molecule has 1 unspecified atom stereocenters. The van der Waals surface area contributed by atoms with Crippen molar-refractivity contribution in [1.82, 2.24) is 5.32 Å². The van der Waals surface area contributed by atoms with Gasteiger partial charge in [0.25, 0.3) is 5.91 Å². The number of para-hydroxylation sites is 2. The number of hydrogen-bond donors (Lipinski definition) is 1. The molecule has 1 aliphatic rings. The molecule has 1 amide bonds. The van der Waals surface area contributed by atoms with Gasteiger partial charge < -0.3 is 23.9 Å². The topological polar surface area (TPSA) is 69.9 Å². The smallest absolute Gasteiger partial charge is 0.287 e. The third-order valence-corrected chi connectivity index (χ3v) is 4.14. The number of rotatable bonds is 6. The zero-order valence-electron chi connectivity index (χ0n) is 14.9. The van der Waals surface area contributed by atoms with E-state index in [0.717, 1.165) is 0 Å². The summed E-state index contributed by atoms with van der Waals surface area (Å²) in [6.45, 7) is 0.775. The number of fused-ring (bicyclic) bond motifs is 1. The molecule has 0 bridgehead atoms. The molecule has 0 spiro atoms. The van der Waals surface area contributed by atoms with E-state index in [4.69, 9.17) is 18.6 Å². The van der Waals surface area contributed by atoms with E-state index in [1.807, 2.05) is 24.3 Å². The molecule has 0 saturated heterocycles. The predicted octanol–water partition coefficient (Wildman–Crippen LogP) is 3.57. The van der Waals surface area contributed by atoms with E-state index in [2.05, 4.69) is 5.32 Å². The number of benzene rings is 2. The SMILES string of the molecule is O=C(NCC1COc2ccccc2O1)c1ccc(COc2ccc(F)cc2)o1. The molecule has 1 aromatic heterocycles. The highest BCUT2D eigenvalue weighted by atomic mass is 19.1. The molecule has 0 aliphatic carbocycles. The molecular formula is C21H18FNO5. The maximum atomic E-state index is 12.9. The minimum absolute atomic E-state index is 0.134. The lowest BCUT2D eigenvalue weighted by Crippen LogP contribution is -2.40. The van der Waals surface area contributed by atoms with E-state index < -0.39 is 0 Å². The largest absolute Gasteiger partial charge is 0.486 e. The van der Waals surface area contributed by atoms with E-state index >= 15 is 0 Å².